The molecule has 0 spiro atoms. The van der Waals surface area contributed by atoms with Crippen molar-refractivity contribution in [2.45, 2.75) is 45.6 Å². The van der Waals surface area contributed by atoms with Crippen molar-refractivity contribution in [1.29, 1.82) is 0 Å². The number of methoxy groups -OCH3 is 1. The van der Waals surface area contributed by atoms with Crippen molar-refractivity contribution < 1.29 is 14.3 Å². The zero-order chi connectivity index (χ0) is 17.5. The van der Waals surface area contributed by atoms with Crippen molar-refractivity contribution in [3.05, 3.63) is 23.9 Å². The Kier molecular flexibility index (Phi) is 6.81. The van der Waals surface area contributed by atoms with Crippen molar-refractivity contribution in [2.24, 2.45) is 0 Å². The summed E-state index contributed by atoms with van der Waals surface area (Å²) in [5.74, 6) is 0.530. The number of hydrogen-bond donors (Lipinski definition) is 2. The van der Waals surface area contributed by atoms with E-state index in [1.54, 1.807) is 13.3 Å². The van der Waals surface area contributed by atoms with Gasteiger partial charge in [0.05, 0.1) is 19.3 Å². The van der Waals surface area contributed by atoms with Crippen LogP contribution in [0.5, 0.6) is 5.88 Å². The summed E-state index contributed by atoms with van der Waals surface area (Å²) in [6.07, 6.45) is 2.11. The minimum atomic E-state index is -0.192. The number of ether oxygens (including phenoxy) is 2. The summed E-state index contributed by atoms with van der Waals surface area (Å²) in [5, 5.41) is 5.76. The number of nitrogens with one attached hydrogen (secondary N) is 2. The Morgan fingerprint density at radius 2 is 2.12 bits per heavy atom. The number of morpholine rings is 1. The fraction of sp³-hybridized carbons (Fsp3) is 0.647. The topological polar surface area (TPSA) is 75.7 Å². The molecule has 0 bridgehead atoms. The van der Waals surface area contributed by atoms with E-state index in [-0.39, 0.29) is 24.3 Å². The van der Waals surface area contributed by atoms with Crippen LogP contribution < -0.4 is 15.4 Å². The van der Waals surface area contributed by atoms with Gasteiger partial charge in [-0.25, -0.2) is 9.78 Å². The summed E-state index contributed by atoms with van der Waals surface area (Å²) in [6.45, 7) is 9.03. The Morgan fingerprint density at radius 3 is 2.79 bits per heavy atom. The molecule has 1 fully saturated rings. The van der Waals surface area contributed by atoms with E-state index >= 15 is 0 Å². The van der Waals surface area contributed by atoms with Crippen LogP contribution >= 0.6 is 0 Å². The number of aromatic nitrogens is 1. The fourth-order valence-electron chi connectivity index (χ4n) is 2.93. The maximum absolute atomic E-state index is 12.0. The summed E-state index contributed by atoms with van der Waals surface area (Å²) in [5.41, 5.74) is 0.846. The first-order valence-electron chi connectivity index (χ1n) is 8.38. The van der Waals surface area contributed by atoms with Crippen LogP contribution in [0.2, 0.25) is 0 Å². The van der Waals surface area contributed by atoms with Crippen LogP contribution in [0.25, 0.3) is 0 Å². The first-order valence-corrected chi connectivity index (χ1v) is 8.38. The van der Waals surface area contributed by atoms with E-state index in [0.717, 1.165) is 18.7 Å². The molecular formula is C17H28N4O3. The molecule has 1 aliphatic rings. The maximum Gasteiger partial charge on any atom is 0.315 e. The Morgan fingerprint density at radius 1 is 1.42 bits per heavy atom. The van der Waals surface area contributed by atoms with Crippen molar-refractivity contribution >= 4 is 6.03 Å². The Hall–Kier alpha value is -1.86. The second kappa shape index (κ2) is 8.84. The van der Waals surface area contributed by atoms with E-state index in [4.69, 9.17) is 9.47 Å². The quantitative estimate of drug-likeness (QED) is 0.821. The van der Waals surface area contributed by atoms with E-state index in [1.807, 2.05) is 12.1 Å². The molecule has 1 aliphatic heterocycles. The average molecular weight is 336 g/mol. The van der Waals surface area contributed by atoms with E-state index in [0.29, 0.717) is 19.0 Å². The van der Waals surface area contributed by atoms with Crippen LogP contribution in [0.3, 0.4) is 0 Å². The van der Waals surface area contributed by atoms with Gasteiger partial charge in [0.2, 0.25) is 5.88 Å². The normalized spacial score (nSPS) is 22.7. The predicted octanol–water partition coefficient (Wildman–Crippen LogP) is 1.39. The van der Waals surface area contributed by atoms with Gasteiger partial charge < -0.3 is 20.1 Å². The molecule has 3 unspecified atom stereocenters. The van der Waals surface area contributed by atoms with Gasteiger partial charge in [-0.2, -0.15) is 0 Å². The number of carbonyl (C=O) groups is 1. The minimum Gasteiger partial charge on any atom is -0.481 e. The standard InChI is InChI=1S/C17H28N4O3/c1-12(21-10-13(2)24-14(3)11-21)8-19-17(22)20-9-15-6-5-7-18-16(15)23-4/h5-7,12-14H,8-11H2,1-4H3,(H2,19,20,22). The van der Waals surface area contributed by atoms with Gasteiger partial charge in [-0.1, -0.05) is 6.07 Å². The number of pyridine rings is 1. The molecule has 7 nitrogen and oxygen atoms in total. The maximum atomic E-state index is 12.0. The van der Waals surface area contributed by atoms with Crippen LogP contribution in [-0.2, 0) is 11.3 Å². The molecule has 2 heterocycles. The molecule has 7 heteroatoms. The Labute approximate surface area is 143 Å². The van der Waals surface area contributed by atoms with E-state index in [1.165, 1.54) is 0 Å². The fourth-order valence-corrected chi connectivity index (χ4v) is 2.93. The van der Waals surface area contributed by atoms with Gasteiger partial charge in [0.25, 0.3) is 0 Å². The zero-order valence-corrected chi connectivity index (χ0v) is 14.9. The van der Waals surface area contributed by atoms with Crippen molar-refractivity contribution in [2.75, 3.05) is 26.7 Å². The van der Waals surface area contributed by atoms with Gasteiger partial charge in [0.15, 0.2) is 0 Å². The van der Waals surface area contributed by atoms with Gasteiger partial charge >= 0.3 is 6.03 Å². The second-order valence-electron chi connectivity index (χ2n) is 6.30. The third-order valence-corrected chi connectivity index (χ3v) is 4.11. The van der Waals surface area contributed by atoms with Gasteiger partial charge in [-0.05, 0) is 26.8 Å². The molecule has 1 aromatic heterocycles. The van der Waals surface area contributed by atoms with Crippen LogP contribution in [-0.4, -0.2) is 60.9 Å². The lowest BCUT2D eigenvalue weighted by Crippen LogP contribution is -2.52. The number of amides is 2. The molecule has 24 heavy (non-hydrogen) atoms. The first kappa shape index (κ1) is 18.5. The summed E-state index contributed by atoms with van der Waals surface area (Å²) in [4.78, 5) is 18.5. The predicted molar refractivity (Wildman–Crippen MR) is 92.1 cm³/mol. The number of carbonyl (C=O) groups excluding carboxylic acids is 1. The lowest BCUT2D eigenvalue weighted by Gasteiger charge is -2.38. The lowest BCUT2D eigenvalue weighted by atomic mass is 10.2. The van der Waals surface area contributed by atoms with Gasteiger partial charge in [-0.15, -0.1) is 0 Å². The molecule has 1 saturated heterocycles. The molecule has 0 saturated carbocycles. The highest BCUT2D eigenvalue weighted by Crippen LogP contribution is 2.14. The summed E-state index contributed by atoms with van der Waals surface area (Å²) >= 11 is 0. The first-order chi connectivity index (χ1) is 11.5. The van der Waals surface area contributed by atoms with E-state index in [9.17, 15) is 4.79 Å². The van der Waals surface area contributed by atoms with Crippen LogP contribution in [0, 0.1) is 0 Å². The highest BCUT2D eigenvalue weighted by molar-refractivity contribution is 5.73. The summed E-state index contributed by atoms with van der Waals surface area (Å²) in [7, 11) is 1.57. The number of urea groups is 1. The van der Waals surface area contributed by atoms with Crippen LogP contribution in [0.4, 0.5) is 4.79 Å². The van der Waals surface area contributed by atoms with Gasteiger partial charge in [-0.3, -0.25) is 4.90 Å². The number of rotatable bonds is 6. The Bertz CT molecular complexity index is 530. The van der Waals surface area contributed by atoms with Gasteiger partial charge in [0.1, 0.15) is 0 Å². The molecule has 0 aromatic carbocycles. The minimum absolute atomic E-state index is 0.192. The Balaban J connectivity index is 1.74. The molecule has 2 rings (SSSR count). The van der Waals surface area contributed by atoms with Gasteiger partial charge in [0, 0.05) is 44.0 Å². The molecule has 2 N–H and O–H groups in total. The summed E-state index contributed by atoms with van der Waals surface area (Å²) in [6, 6.07) is 3.77. The molecule has 3 atom stereocenters. The molecule has 134 valence electrons. The highest BCUT2D eigenvalue weighted by atomic mass is 16.5. The molecule has 0 aliphatic carbocycles. The average Bonchev–Trinajstić information content (AvgIpc) is 2.57. The third kappa shape index (κ3) is 5.35. The van der Waals surface area contributed by atoms with Crippen molar-refractivity contribution in [1.82, 2.24) is 20.5 Å². The monoisotopic (exact) mass is 336 g/mol. The second-order valence-corrected chi connectivity index (χ2v) is 6.30. The third-order valence-electron chi connectivity index (χ3n) is 4.11. The SMILES string of the molecule is COc1ncccc1CNC(=O)NCC(C)N1CC(C)OC(C)C1. The highest BCUT2D eigenvalue weighted by Gasteiger charge is 2.25. The van der Waals surface area contributed by atoms with Crippen molar-refractivity contribution in [3.63, 3.8) is 0 Å². The molecule has 2 amide bonds. The number of nitrogens with zero attached hydrogens (tertiary/aromatic N) is 2. The number of hydrogen-bond acceptors (Lipinski definition) is 5. The van der Waals surface area contributed by atoms with E-state index in [2.05, 4.69) is 41.3 Å². The molecule has 1 aromatic rings. The lowest BCUT2D eigenvalue weighted by molar-refractivity contribution is -0.0778. The van der Waals surface area contributed by atoms with Crippen LogP contribution in [0.15, 0.2) is 18.3 Å². The smallest absolute Gasteiger partial charge is 0.315 e. The van der Waals surface area contributed by atoms with Crippen LogP contribution in [0.1, 0.15) is 26.3 Å². The zero-order valence-electron chi connectivity index (χ0n) is 14.9. The molecular weight excluding hydrogens is 308 g/mol. The van der Waals surface area contributed by atoms with Crippen molar-refractivity contribution in [3.8, 4) is 5.88 Å². The largest absolute Gasteiger partial charge is 0.481 e. The molecule has 0 radical (unpaired) electrons. The summed E-state index contributed by atoms with van der Waals surface area (Å²) < 4.78 is 10.9. The van der Waals surface area contributed by atoms with E-state index < -0.39 is 0 Å².